The molecular formula is C28H39N3O4S. The lowest BCUT2D eigenvalue weighted by Crippen LogP contribution is -2.54. The van der Waals surface area contributed by atoms with Crippen LogP contribution in [0.3, 0.4) is 0 Å². The van der Waals surface area contributed by atoms with E-state index in [1.165, 1.54) is 6.42 Å². The van der Waals surface area contributed by atoms with Gasteiger partial charge in [0.15, 0.2) is 0 Å². The topological polar surface area (TPSA) is 86.8 Å². The lowest BCUT2D eigenvalue weighted by molar-refractivity contribution is -0.140. The second-order valence-corrected chi connectivity index (χ2v) is 11.7. The van der Waals surface area contributed by atoms with Crippen LogP contribution in [0.1, 0.15) is 62.1 Å². The molecule has 7 nitrogen and oxygen atoms in total. The Morgan fingerprint density at radius 2 is 1.64 bits per heavy atom. The second kappa shape index (κ2) is 12.4. The van der Waals surface area contributed by atoms with Crippen LogP contribution in [0.5, 0.6) is 0 Å². The minimum absolute atomic E-state index is 0.121. The molecule has 1 saturated carbocycles. The summed E-state index contributed by atoms with van der Waals surface area (Å²) in [6.45, 7) is 5.63. The van der Waals surface area contributed by atoms with E-state index in [1.54, 1.807) is 17.0 Å². The SMILES string of the molecule is CC[C@H](C(=O)NC1CCCCC1)N(Cc1ccccc1C)C(=O)CN(c1ccc(C)cc1)S(C)(=O)=O. The quantitative estimate of drug-likeness (QED) is 0.512. The zero-order valence-corrected chi connectivity index (χ0v) is 22.7. The first-order chi connectivity index (χ1) is 17.1. The van der Waals surface area contributed by atoms with Crippen LogP contribution in [0, 0.1) is 13.8 Å². The van der Waals surface area contributed by atoms with Crippen molar-refractivity contribution in [1.29, 1.82) is 0 Å². The van der Waals surface area contributed by atoms with Crippen LogP contribution in [0.4, 0.5) is 5.69 Å². The summed E-state index contributed by atoms with van der Waals surface area (Å²) in [5.41, 5.74) is 3.35. The Bertz CT molecular complexity index is 1140. The number of aryl methyl sites for hydroxylation is 2. The predicted octanol–water partition coefficient (Wildman–Crippen LogP) is 4.33. The first-order valence-corrected chi connectivity index (χ1v) is 14.6. The molecule has 1 N–H and O–H groups in total. The molecule has 2 aromatic carbocycles. The van der Waals surface area contributed by atoms with Gasteiger partial charge >= 0.3 is 0 Å². The van der Waals surface area contributed by atoms with Crippen LogP contribution in [0.25, 0.3) is 0 Å². The Labute approximate surface area is 215 Å². The smallest absolute Gasteiger partial charge is 0.244 e. The number of carbonyl (C=O) groups is 2. The minimum Gasteiger partial charge on any atom is -0.352 e. The molecule has 3 rings (SSSR count). The summed E-state index contributed by atoms with van der Waals surface area (Å²) < 4.78 is 26.5. The standard InChI is InChI=1S/C28H39N3O4S/c1-5-26(28(33)29-24-13-7-6-8-14-24)30(19-23-12-10-9-11-22(23)3)27(32)20-31(36(4,34)35)25-17-15-21(2)16-18-25/h9-12,15-18,24,26H,5-8,13-14,19-20H2,1-4H3,(H,29,33)/t26-/m1/s1. The molecule has 0 aliphatic heterocycles. The lowest BCUT2D eigenvalue weighted by Gasteiger charge is -2.34. The van der Waals surface area contributed by atoms with Crippen molar-refractivity contribution in [2.75, 3.05) is 17.1 Å². The lowest BCUT2D eigenvalue weighted by atomic mass is 9.95. The maximum absolute atomic E-state index is 13.8. The van der Waals surface area contributed by atoms with Gasteiger partial charge in [-0.3, -0.25) is 13.9 Å². The molecule has 1 fully saturated rings. The van der Waals surface area contributed by atoms with E-state index in [0.29, 0.717) is 12.1 Å². The number of rotatable bonds is 10. The fourth-order valence-corrected chi connectivity index (χ4v) is 5.61. The van der Waals surface area contributed by atoms with Gasteiger partial charge in [0, 0.05) is 12.6 Å². The molecule has 0 saturated heterocycles. The molecule has 0 radical (unpaired) electrons. The van der Waals surface area contributed by atoms with Crippen LogP contribution in [0.2, 0.25) is 0 Å². The number of nitrogens with one attached hydrogen (secondary N) is 1. The number of sulfonamides is 1. The molecule has 0 spiro atoms. The Hall–Kier alpha value is -2.87. The predicted molar refractivity (Wildman–Crippen MR) is 144 cm³/mol. The van der Waals surface area contributed by atoms with E-state index < -0.39 is 22.0 Å². The number of amides is 2. The van der Waals surface area contributed by atoms with Crippen molar-refractivity contribution in [1.82, 2.24) is 10.2 Å². The van der Waals surface area contributed by atoms with Crippen molar-refractivity contribution in [3.05, 3.63) is 65.2 Å². The average molecular weight is 514 g/mol. The highest BCUT2D eigenvalue weighted by atomic mass is 32.2. The Kier molecular flexibility index (Phi) is 9.54. The van der Waals surface area contributed by atoms with Gasteiger partial charge in [-0.1, -0.05) is 68.1 Å². The maximum Gasteiger partial charge on any atom is 0.244 e. The zero-order valence-electron chi connectivity index (χ0n) is 21.9. The van der Waals surface area contributed by atoms with Crippen molar-refractivity contribution in [2.24, 2.45) is 0 Å². The molecule has 2 aromatic rings. The summed E-state index contributed by atoms with van der Waals surface area (Å²) in [4.78, 5) is 28.8. The Morgan fingerprint density at radius 1 is 1.00 bits per heavy atom. The van der Waals surface area contributed by atoms with Crippen molar-refractivity contribution in [3.63, 3.8) is 0 Å². The molecule has 196 valence electrons. The molecular weight excluding hydrogens is 474 g/mol. The molecule has 0 bridgehead atoms. The maximum atomic E-state index is 13.8. The fourth-order valence-electron chi connectivity index (χ4n) is 4.76. The minimum atomic E-state index is -3.73. The number of carbonyl (C=O) groups excluding carboxylic acids is 2. The number of anilines is 1. The van der Waals surface area contributed by atoms with E-state index in [9.17, 15) is 18.0 Å². The zero-order chi connectivity index (χ0) is 26.3. The highest BCUT2D eigenvalue weighted by Crippen LogP contribution is 2.22. The van der Waals surface area contributed by atoms with Gasteiger partial charge in [-0.25, -0.2) is 8.42 Å². The summed E-state index contributed by atoms with van der Waals surface area (Å²) in [6.07, 6.45) is 6.79. The van der Waals surface area contributed by atoms with Gasteiger partial charge in [0.25, 0.3) is 0 Å². The summed E-state index contributed by atoms with van der Waals surface area (Å²) in [5, 5.41) is 3.16. The van der Waals surface area contributed by atoms with Crippen molar-refractivity contribution in [3.8, 4) is 0 Å². The van der Waals surface area contributed by atoms with Crippen LogP contribution >= 0.6 is 0 Å². The first kappa shape index (κ1) is 27.7. The van der Waals surface area contributed by atoms with Gasteiger partial charge in [0.1, 0.15) is 12.6 Å². The number of nitrogens with zero attached hydrogens (tertiary/aromatic N) is 2. The van der Waals surface area contributed by atoms with Crippen LogP contribution in [-0.4, -0.2) is 50.0 Å². The van der Waals surface area contributed by atoms with Gasteiger partial charge in [-0.2, -0.15) is 0 Å². The van der Waals surface area contributed by atoms with Gasteiger partial charge in [0.2, 0.25) is 21.8 Å². The average Bonchev–Trinajstić information content (AvgIpc) is 2.84. The van der Waals surface area contributed by atoms with Gasteiger partial charge in [-0.15, -0.1) is 0 Å². The van der Waals surface area contributed by atoms with E-state index in [2.05, 4.69) is 5.32 Å². The van der Waals surface area contributed by atoms with E-state index >= 15 is 0 Å². The van der Waals surface area contributed by atoms with Crippen molar-refractivity contribution >= 4 is 27.5 Å². The number of hydrogen-bond donors (Lipinski definition) is 1. The fraction of sp³-hybridized carbons (Fsp3) is 0.500. The van der Waals surface area contributed by atoms with Crippen molar-refractivity contribution in [2.45, 2.75) is 77.9 Å². The third kappa shape index (κ3) is 7.32. The summed E-state index contributed by atoms with van der Waals surface area (Å²) in [6, 6.07) is 14.2. The molecule has 2 amide bonds. The Morgan fingerprint density at radius 3 is 2.22 bits per heavy atom. The van der Waals surface area contributed by atoms with E-state index in [1.807, 2.05) is 57.2 Å². The third-order valence-electron chi connectivity index (χ3n) is 6.94. The molecule has 1 atom stereocenters. The van der Waals surface area contributed by atoms with Gasteiger partial charge in [-0.05, 0) is 56.4 Å². The molecule has 0 heterocycles. The second-order valence-electron chi connectivity index (χ2n) is 9.82. The normalized spacial score (nSPS) is 15.2. The highest BCUT2D eigenvalue weighted by Gasteiger charge is 2.33. The van der Waals surface area contributed by atoms with E-state index in [4.69, 9.17) is 0 Å². The highest BCUT2D eigenvalue weighted by molar-refractivity contribution is 7.92. The van der Waals surface area contributed by atoms with Gasteiger partial charge in [0.05, 0.1) is 11.9 Å². The largest absolute Gasteiger partial charge is 0.352 e. The molecule has 0 aromatic heterocycles. The first-order valence-electron chi connectivity index (χ1n) is 12.8. The van der Waals surface area contributed by atoms with E-state index in [0.717, 1.165) is 52.9 Å². The van der Waals surface area contributed by atoms with Crippen LogP contribution in [-0.2, 0) is 26.2 Å². The number of hydrogen-bond acceptors (Lipinski definition) is 4. The third-order valence-corrected chi connectivity index (χ3v) is 8.08. The van der Waals surface area contributed by atoms with Crippen LogP contribution in [0.15, 0.2) is 48.5 Å². The van der Waals surface area contributed by atoms with Crippen LogP contribution < -0.4 is 9.62 Å². The number of benzene rings is 2. The molecule has 8 heteroatoms. The van der Waals surface area contributed by atoms with E-state index in [-0.39, 0.29) is 25.0 Å². The van der Waals surface area contributed by atoms with Gasteiger partial charge < -0.3 is 10.2 Å². The monoisotopic (exact) mass is 513 g/mol. The summed E-state index contributed by atoms with van der Waals surface area (Å²) in [5.74, 6) is -0.581. The van der Waals surface area contributed by atoms with Crippen molar-refractivity contribution < 1.29 is 18.0 Å². The molecule has 0 unspecified atom stereocenters. The molecule has 36 heavy (non-hydrogen) atoms. The Balaban J connectivity index is 1.91. The molecule has 1 aliphatic rings. The summed E-state index contributed by atoms with van der Waals surface area (Å²) >= 11 is 0. The summed E-state index contributed by atoms with van der Waals surface area (Å²) in [7, 11) is -3.73. The molecule has 1 aliphatic carbocycles.